The SMILES string of the molecule is Cc1cc(NC(=O)COC(=O)c2csc3c2CCCC3)no1. The Morgan fingerprint density at radius 3 is 3.00 bits per heavy atom. The van der Waals surface area contributed by atoms with Gasteiger partial charge in [0.2, 0.25) is 0 Å². The molecule has 0 unspecified atom stereocenters. The van der Waals surface area contributed by atoms with Crippen LogP contribution in [0.1, 0.15) is 39.4 Å². The van der Waals surface area contributed by atoms with Crippen molar-refractivity contribution in [3.63, 3.8) is 0 Å². The number of rotatable bonds is 4. The van der Waals surface area contributed by atoms with E-state index in [4.69, 9.17) is 9.26 Å². The van der Waals surface area contributed by atoms with Gasteiger partial charge in [0.05, 0.1) is 5.56 Å². The zero-order valence-corrected chi connectivity index (χ0v) is 13.0. The number of ether oxygens (including phenoxy) is 1. The molecule has 0 saturated heterocycles. The summed E-state index contributed by atoms with van der Waals surface area (Å²) in [4.78, 5) is 25.1. The van der Waals surface area contributed by atoms with Gasteiger partial charge in [-0.25, -0.2) is 4.79 Å². The number of hydrogen-bond acceptors (Lipinski definition) is 6. The van der Waals surface area contributed by atoms with Crippen molar-refractivity contribution in [2.24, 2.45) is 0 Å². The summed E-state index contributed by atoms with van der Waals surface area (Å²) in [5, 5.41) is 7.98. The smallest absolute Gasteiger partial charge is 0.339 e. The summed E-state index contributed by atoms with van der Waals surface area (Å²) >= 11 is 1.60. The van der Waals surface area contributed by atoms with Gasteiger partial charge in [0.15, 0.2) is 12.4 Å². The van der Waals surface area contributed by atoms with Gasteiger partial charge in [0.25, 0.3) is 5.91 Å². The molecule has 0 radical (unpaired) electrons. The van der Waals surface area contributed by atoms with Gasteiger partial charge >= 0.3 is 5.97 Å². The molecule has 0 aliphatic heterocycles. The Morgan fingerprint density at radius 1 is 1.41 bits per heavy atom. The van der Waals surface area contributed by atoms with E-state index in [9.17, 15) is 9.59 Å². The fourth-order valence-electron chi connectivity index (χ4n) is 2.48. The van der Waals surface area contributed by atoms with Crippen molar-refractivity contribution in [3.8, 4) is 0 Å². The molecule has 0 fully saturated rings. The largest absolute Gasteiger partial charge is 0.452 e. The number of aryl methyl sites for hydroxylation is 2. The molecule has 2 aromatic heterocycles. The number of esters is 1. The molecular formula is C15H16N2O4S. The normalized spacial score (nSPS) is 13.5. The Hall–Kier alpha value is -2.15. The summed E-state index contributed by atoms with van der Waals surface area (Å²) in [5.41, 5.74) is 1.69. The predicted octanol–water partition coefficient (Wildman–Crippen LogP) is 2.72. The third-order valence-corrected chi connectivity index (χ3v) is 4.60. The summed E-state index contributed by atoms with van der Waals surface area (Å²) < 4.78 is 9.93. The van der Waals surface area contributed by atoms with Crippen LogP contribution in [0, 0.1) is 6.92 Å². The van der Waals surface area contributed by atoms with Crippen LogP contribution in [0.2, 0.25) is 0 Å². The fraction of sp³-hybridized carbons (Fsp3) is 0.400. The van der Waals surface area contributed by atoms with E-state index in [0.717, 1.165) is 24.8 Å². The molecule has 1 N–H and O–H groups in total. The molecule has 0 saturated carbocycles. The highest BCUT2D eigenvalue weighted by molar-refractivity contribution is 7.10. The van der Waals surface area contributed by atoms with Crippen molar-refractivity contribution in [1.29, 1.82) is 0 Å². The summed E-state index contributed by atoms with van der Waals surface area (Å²) in [6, 6.07) is 1.59. The molecule has 6 nitrogen and oxygen atoms in total. The maximum atomic E-state index is 12.1. The molecule has 1 aliphatic carbocycles. The number of carbonyl (C=O) groups is 2. The number of nitrogens with zero attached hydrogens (tertiary/aromatic N) is 1. The van der Waals surface area contributed by atoms with Gasteiger partial charge in [-0.15, -0.1) is 11.3 Å². The molecule has 2 heterocycles. The first-order valence-electron chi connectivity index (χ1n) is 7.13. The van der Waals surface area contributed by atoms with Crippen molar-refractivity contribution in [2.75, 3.05) is 11.9 Å². The van der Waals surface area contributed by atoms with E-state index in [2.05, 4.69) is 10.5 Å². The lowest BCUT2D eigenvalue weighted by atomic mass is 9.96. The Balaban J connectivity index is 1.56. The first kappa shape index (κ1) is 14.8. The van der Waals surface area contributed by atoms with Crippen molar-refractivity contribution >= 4 is 29.0 Å². The fourth-order valence-corrected chi connectivity index (χ4v) is 3.59. The second-order valence-electron chi connectivity index (χ2n) is 5.21. The van der Waals surface area contributed by atoms with Crippen LogP contribution < -0.4 is 5.32 Å². The Morgan fingerprint density at radius 2 is 2.23 bits per heavy atom. The van der Waals surface area contributed by atoms with E-state index >= 15 is 0 Å². The van der Waals surface area contributed by atoms with Crippen molar-refractivity contribution in [1.82, 2.24) is 5.16 Å². The molecule has 2 aromatic rings. The molecule has 0 aromatic carbocycles. The second-order valence-corrected chi connectivity index (χ2v) is 6.17. The second kappa shape index (κ2) is 6.31. The van der Waals surface area contributed by atoms with Gasteiger partial charge in [0.1, 0.15) is 5.76 Å². The number of amides is 1. The van der Waals surface area contributed by atoms with E-state index in [1.165, 1.54) is 11.3 Å². The zero-order chi connectivity index (χ0) is 15.5. The number of fused-ring (bicyclic) bond motifs is 1. The quantitative estimate of drug-likeness (QED) is 0.876. The Kier molecular flexibility index (Phi) is 4.24. The summed E-state index contributed by atoms with van der Waals surface area (Å²) in [6.07, 6.45) is 4.20. The molecule has 1 aliphatic rings. The molecule has 1 amide bonds. The van der Waals surface area contributed by atoms with E-state index in [0.29, 0.717) is 17.1 Å². The standard InChI is InChI=1S/C15H16N2O4S/c1-9-6-13(17-21-9)16-14(18)7-20-15(19)11-8-22-12-5-3-2-4-10(11)12/h6,8H,2-5,7H2,1H3,(H,16,17,18). The van der Waals surface area contributed by atoms with Crippen molar-refractivity contribution in [2.45, 2.75) is 32.6 Å². The van der Waals surface area contributed by atoms with Gasteiger partial charge < -0.3 is 14.6 Å². The first-order valence-corrected chi connectivity index (χ1v) is 8.01. The minimum Gasteiger partial charge on any atom is -0.452 e. The lowest BCUT2D eigenvalue weighted by Gasteiger charge is -2.12. The predicted molar refractivity (Wildman–Crippen MR) is 81.1 cm³/mol. The molecule has 3 rings (SSSR count). The first-order chi connectivity index (χ1) is 10.6. The van der Waals surface area contributed by atoms with Gasteiger partial charge in [-0.3, -0.25) is 4.79 Å². The van der Waals surface area contributed by atoms with Crippen LogP contribution in [-0.2, 0) is 22.4 Å². The molecule has 7 heteroatoms. The average molecular weight is 320 g/mol. The summed E-state index contributed by atoms with van der Waals surface area (Å²) in [6.45, 7) is 1.39. The minimum atomic E-state index is -0.439. The van der Waals surface area contributed by atoms with Gasteiger partial charge in [-0.05, 0) is 38.2 Å². The molecule has 116 valence electrons. The molecule has 22 heavy (non-hydrogen) atoms. The van der Waals surface area contributed by atoms with Crippen LogP contribution in [0.5, 0.6) is 0 Å². The average Bonchev–Trinajstić information content (AvgIpc) is 3.11. The highest BCUT2D eigenvalue weighted by atomic mass is 32.1. The molecular weight excluding hydrogens is 304 g/mol. The number of nitrogens with one attached hydrogen (secondary N) is 1. The monoisotopic (exact) mass is 320 g/mol. The van der Waals surface area contributed by atoms with E-state index in [-0.39, 0.29) is 6.61 Å². The highest BCUT2D eigenvalue weighted by Gasteiger charge is 2.21. The highest BCUT2D eigenvalue weighted by Crippen LogP contribution is 2.30. The number of thiophene rings is 1. The van der Waals surface area contributed by atoms with Crippen molar-refractivity contribution in [3.05, 3.63) is 33.2 Å². The summed E-state index contributed by atoms with van der Waals surface area (Å²) in [5.74, 6) is 0.0280. The molecule has 0 spiro atoms. The zero-order valence-electron chi connectivity index (χ0n) is 12.2. The van der Waals surface area contributed by atoms with Crippen LogP contribution in [0.3, 0.4) is 0 Å². The molecule has 0 atom stereocenters. The minimum absolute atomic E-state index is 0.312. The number of anilines is 1. The maximum Gasteiger partial charge on any atom is 0.339 e. The molecule has 0 bridgehead atoms. The van der Waals surface area contributed by atoms with E-state index in [1.54, 1.807) is 24.3 Å². The van der Waals surface area contributed by atoms with Crippen LogP contribution in [0.4, 0.5) is 5.82 Å². The van der Waals surface area contributed by atoms with Crippen LogP contribution in [-0.4, -0.2) is 23.6 Å². The van der Waals surface area contributed by atoms with Crippen LogP contribution in [0.15, 0.2) is 16.0 Å². The van der Waals surface area contributed by atoms with Gasteiger partial charge in [-0.1, -0.05) is 5.16 Å². The Bertz CT molecular complexity index is 704. The van der Waals surface area contributed by atoms with Crippen LogP contribution in [0.25, 0.3) is 0 Å². The number of aromatic nitrogens is 1. The third kappa shape index (κ3) is 3.19. The number of hydrogen-bond donors (Lipinski definition) is 1. The summed E-state index contributed by atoms with van der Waals surface area (Å²) in [7, 11) is 0. The van der Waals surface area contributed by atoms with Crippen molar-refractivity contribution < 1.29 is 18.8 Å². The van der Waals surface area contributed by atoms with Gasteiger partial charge in [-0.2, -0.15) is 0 Å². The van der Waals surface area contributed by atoms with E-state index in [1.807, 2.05) is 5.38 Å². The van der Waals surface area contributed by atoms with Crippen LogP contribution >= 0.6 is 11.3 Å². The lowest BCUT2D eigenvalue weighted by Crippen LogP contribution is -2.21. The Labute approximate surface area is 131 Å². The lowest BCUT2D eigenvalue weighted by molar-refractivity contribution is -0.119. The third-order valence-electron chi connectivity index (χ3n) is 3.51. The maximum absolute atomic E-state index is 12.1. The number of carbonyl (C=O) groups excluding carboxylic acids is 2. The van der Waals surface area contributed by atoms with E-state index < -0.39 is 11.9 Å². The topological polar surface area (TPSA) is 81.4 Å². The van der Waals surface area contributed by atoms with Gasteiger partial charge in [0, 0.05) is 16.3 Å².